The van der Waals surface area contributed by atoms with Crippen molar-refractivity contribution >= 4 is 32.3 Å². The summed E-state index contributed by atoms with van der Waals surface area (Å²) in [6.07, 6.45) is 1.94. The van der Waals surface area contributed by atoms with E-state index in [9.17, 15) is 13.7 Å². The van der Waals surface area contributed by atoms with Gasteiger partial charge in [-0.1, -0.05) is 36.4 Å². The molecule has 0 aliphatic heterocycles. The maximum Gasteiger partial charge on any atom is 0.241 e. The summed E-state index contributed by atoms with van der Waals surface area (Å²) in [5.41, 5.74) is 2.18. The highest BCUT2D eigenvalue weighted by Gasteiger charge is 2.24. The van der Waals surface area contributed by atoms with Crippen LogP contribution in [0.4, 0.5) is 0 Å². The van der Waals surface area contributed by atoms with Gasteiger partial charge in [-0.15, -0.1) is 11.3 Å². The molecule has 0 spiro atoms. The molecule has 2 aromatic heterocycles. The lowest BCUT2D eigenvalue weighted by Crippen LogP contribution is -2.29. The second-order valence-electron chi connectivity index (χ2n) is 6.32. The quantitative estimate of drug-likeness (QED) is 0.502. The first kappa shape index (κ1) is 18.4. The van der Waals surface area contributed by atoms with Crippen molar-refractivity contribution in [2.45, 2.75) is 10.8 Å². The molecule has 1 atom stereocenters. The topological polar surface area (TPSA) is 85.8 Å². The molecule has 2 aromatic carbocycles. The van der Waals surface area contributed by atoms with Crippen LogP contribution in [0.1, 0.15) is 21.9 Å². The number of sulfonamides is 1. The van der Waals surface area contributed by atoms with Gasteiger partial charge < -0.3 is 4.98 Å². The maximum absolute atomic E-state index is 12.9. The lowest BCUT2D eigenvalue weighted by atomic mass is 9.97. The minimum absolute atomic E-state index is 0.00126. The van der Waals surface area contributed by atoms with Gasteiger partial charge in [0.15, 0.2) is 0 Å². The van der Waals surface area contributed by atoms with Gasteiger partial charge in [0, 0.05) is 34.4 Å². The van der Waals surface area contributed by atoms with Crippen LogP contribution in [0, 0.1) is 11.3 Å². The predicted octanol–water partition coefficient (Wildman–Crippen LogP) is 4.21. The fourth-order valence-corrected chi connectivity index (χ4v) is 5.35. The third kappa shape index (κ3) is 3.45. The molecule has 4 rings (SSSR count). The molecule has 28 heavy (non-hydrogen) atoms. The van der Waals surface area contributed by atoms with E-state index < -0.39 is 10.0 Å². The highest BCUT2D eigenvalue weighted by molar-refractivity contribution is 7.89. The molecule has 0 amide bonds. The molecule has 0 aliphatic rings. The number of para-hydroxylation sites is 1. The summed E-state index contributed by atoms with van der Waals surface area (Å²) in [4.78, 5) is 4.33. The number of benzene rings is 2. The van der Waals surface area contributed by atoms with Gasteiger partial charge in [-0.25, -0.2) is 13.1 Å². The van der Waals surface area contributed by atoms with Gasteiger partial charge in [0.1, 0.15) is 6.07 Å². The Morgan fingerprint density at radius 2 is 1.86 bits per heavy atom. The summed E-state index contributed by atoms with van der Waals surface area (Å²) in [6.45, 7) is 0.199. The molecule has 140 valence electrons. The monoisotopic (exact) mass is 407 g/mol. The average Bonchev–Trinajstić information content (AvgIpc) is 3.39. The Labute approximate surface area is 167 Å². The zero-order valence-corrected chi connectivity index (χ0v) is 16.4. The van der Waals surface area contributed by atoms with Crippen LogP contribution in [-0.4, -0.2) is 19.9 Å². The number of nitrogens with zero attached hydrogens (tertiary/aromatic N) is 1. The Morgan fingerprint density at radius 1 is 1.07 bits per heavy atom. The number of thiophene rings is 1. The summed E-state index contributed by atoms with van der Waals surface area (Å²) >= 11 is 1.59. The first-order chi connectivity index (χ1) is 13.6. The third-order valence-electron chi connectivity index (χ3n) is 4.66. The Kier molecular flexibility index (Phi) is 5.01. The van der Waals surface area contributed by atoms with E-state index in [-0.39, 0.29) is 22.9 Å². The third-order valence-corrected chi connectivity index (χ3v) is 7.13. The normalized spacial score (nSPS) is 12.7. The van der Waals surface area contributed by atoms with E-state index in [1.54, 1.807) is 23.5 Å². The van der Waals surface area contributed by atoms with Crippen LogP contribution in [0.5, 0.6) is 0 Å². The largest absolute Gasteiger partial charge is 0.361 e. The molecule has 5 nitrogen and oxygen atoms in total. The predicted molar refractivity (Wildman–Crippen MR) is 111 cm³/mol. The molecule has 7 heteroatoms. The number of fused-ring (bicyclic) bond motifs is 1. The molecule has 0 fully saturated rings. The Balaban J connectivity index is 1.69. The number of nitrogens with one attached hydrogen (secondary N) is 2. The van der Waals surface area contributed by atoms with Crippen molar-refractivity contribution in [3.8, 4) is 6.07 Å². The first-order valence-electron chi connectivity index (χ1n) is 8.68. The smallest absolute Gasteiger partial charge is 0.241 e. The number of H-pyrrole nitrogens is 1. The second-order valence-corrected chi connectivity index (χ2v) is 9.03. The van der Waals surface area contributed by atoms with E-state index in [0.29, 0.717) is 0 Å². The van der Waals surface area contributed by atoms with Crippen LogP contribution in [-0.2, 0) is 10.0 Å². The zero-order chi connectivity index (χ0) is 19.6. The number of rotatable bonds is 6. The fraction of sp³-hybridized carbons (Fsp3) is 0.0952. The minimum atomic E-state index is -3.81. The summed E-state index contributed by atoms with van der Waals surface area (Å²) < 4.78 is 28.4. The zero-order valence-electron chi connectivity index (χ0n) is 14.8. The maximum atomic E-state index is 12.9. The standard InChI is InChI=1S/C21H17N3O2S2/c22-12-15-6-1-4-10-21(15)28(25,26)24-14-18(20-9-5-11-27-20)17-13-23-19-8-3-2-7-16(17)19/h1-11,13,18,23-24H,14H2. The van der Waals surface area contributed by atoms with E-state index in [2.05, 4.69) is 9.71 Å². The van der Waals surface area contributed by atoms with Crippen LogP contribution in [0.15, 0.2) is 77.1 Å². The Bertz CT molecular complexity index is 1250. The molecule has 0 aliphatic carbocycles. The van der Waals surface area contributed by atoms with Gasteiger partial charge in [0.2, 0.25) is 10.0 Å². The highest BCUT2D eigenvalue weighted by atomic mass is 32.2. The van der Waals surface area contributed by atoms with Crippen LogP contribution < -0.4 is 4.72 Å². The number of aromatic amines is 1. The van der Waals surface area contributed by atoms with Gasteiger partial charge in [-0.3, -0.25) is 0 Å². The van der Waals surface area contributed by atoms with Crippen molar-refractivity contribution in [1.82, 2.24) is 9.71 Å². The van der Waals surface area contributed by atoms with E-state index >= 15 is 0 Å². The summed E-state index contributed by atoms with van der Waals surface area (Å²) in [5.74, 6) is -0.139. The highest BCUT2D eigenvalue weighted by Crippen LogP contribution is 2.33. The van der Waals surface area contributed by atoms with Crippen LogP contribution >= 0.6 is 11.3 Å². The van der Waals surface area contributed by atoms with Crippen LogP contribution in [0.2, 0.25) is 0 Å². The Hall–Kier alpha value is -2.92. The molecular formula is C21H17N3O2S2. The molecule has 4 aromatic rings. The number of hydrogen-bond donors (Lipinski definition) is 2. The number of hydrogen-bond acceptors (Lipinski definition) is 4. The van der Waals surface area contributed by atoms with Gasteiger partial charge in [-0.2, -0.15) is 5.26 Å². The van der Waals surface area contributed by atoms with Crippen molar-refractivity contribution < 1.29 is 8.42 Å². The minimum Gasteiger partial charge on any atom is -0.361 e. The summed E-state index contributed by atoms with van der Waals surface area (Å²) in [7, 11) is -3.81. The van der Waals surface area contributed by atoms with E-state index in [4.69, 9.17) is 0 Å². The molecule has 1 unspecified atom stereocenters. The Morgan fingerprint density at radius 3 is 2.64 bits per heavy atom. The fourth-order valence-electron chi connectivity index (χ4n) is 3.30. The number of aromatic nitrogens is 1. The van der Waals surface area contributed by atoms with Crippen molar-refractivity contribution in [1.29, 1.82) is 5.26 Å². The van der Waals surface area contributed by atoms with Gasteiger partial charge in [0.05, 0.1) is 10.5 Å². The molecule has 2 heterocycles. The number of nitriles is 1. The van der Waals surface area contributed by atoms with E-state index in [1.807, 2.05) is 54.0 Å². The lowest BCUT2D eigenvalue weighted by molar-refractivity contribution is 0.578. The SMILES string of the molecule is N#Cc1ccccc1S(=O)(=O)NCC(c1cccs1)c1c[nH]c2ccccc12. The van der Waals surface area contributed by atoms with Crippen molar-refractivity contribution in [2.24, 2.45) is 0 Å². The second kappa shape index (κ2) is 7.60. The van der Waals surface area contributed by atoms with Gasteiger partial charge >= 0.3 is 0 Å². The molecule has 0 saturated carbocycles. The van der Waals surface area contributed by atoms with Gasteiger partial charge in [0.25, 0.3) is 0 Å². The van der Waals surface area contributed by atoms with Crippen molar-refractivity contribution in [3.05, 3.63) is 88.2 Å². The van der Waals surface area contributed by atoms with Gasteiger partial charge in [-0.05, 0) is 35.2 Å². The van der Waals surface area contributed by atoms with E-state index in [1.165, 1.54) is 12.1 Å². The first-order valence-corrected chi connectivity index (χ1v) is 11.0. The van der Waals surface area contributed by atoms with E-state index in [0.717, 1.165) is 21.3 Å². The molecule has 0 saturated heterocycles. The molecular weight excluding hydrogens is 390 g/mol. The van der Waals surface area contributed by atoms with Crippen LogP contribution in [0.3, 0.4) is 0 Å². The van der Waals surface area contributed by atoms with Crippen molar-refractivity contribution in [3.63, 3.8) is 0 Å². The summed E-state index contributed by atoms with van der Waals surface area (Å²) in [6, 6.07) is 20.1. The van der Waals surface area contributed by atoms with Crippen molar-refractivity contribution in [2.75, 3.05) is 6.54 Å². The van der Waals surface area contributed by atoms with Crippen LogP contribution in [0.25, 0.3) is 10.9 Å². The lowest BCUT2D eigenvalue weighted by Gasteiger charge is -2.17. The average molecular weight is 408 g/mol. The molecule has 0 bridgehead atoms. The molecule has 0 radical (unpaired) electrons. The summed E-state index contributed by atoms with van der Waals surface area (Å²) in [5, 5.41) is 12.3. The molecule has 2 N–H and O–H groups in total.